The average molecular weight is 251 g/mol. The Bertz CT molecular complexity index is 344. The van der Waals surface area contributed by atoms with E-state index < -0.39 is 0 Å². The van der Waals surface area contributed by atoms with E-state index in [1.165, 1.54) is 12.8 Å². The van der Waals surface area contributed by atoms with Gasteiger partial charge in [-0.1, -0.05) is 0 Å². The van der Waals surface area contributed by atoms with Crippen LogP contribution in [0, 0.1) is 5.92 Å². The highest BCUT2D eigenvalue weighted by atomic mass is 16.2. The van der Waals surface area contributed by atoms with E-state index in [9.17, 15) is 9.59 Å². The second kappa shape index (κ2) is 4.88. The Morgan fingerprint density at radius 1 is 1.11 bits per heavy atom. The smallest absolute Gasteiger partial charge is 0.312 e. The Balaban J connectivity index is 1.60. The van der Waals surface area contributed by atoms with Gasteiger partial charge in [-0.15, -0.1) is 0 Å². The van der Waals surface area contributed by atoms with Crippen LogP contribution in [0.25, 0.3) is 0 Å². The van der Waals surface area contributed by atoms with Gasteiger partial charge < -0.3 is 15.1 Å². The summed E-state index contributed by atoms with van der Waals surface area (Å²) in [5.41, 5.74) is 0. The highest BCUT2D eigenvalue weighted by Gasteiger charge is 2.40. The molecule has 1 N–H and O–H groups in total. The molecule has 0 aromatic carbocycles. The molecule has 3 aliphatic rings. The highest BCUT2D eigenvalue weighted by Crippen LogP contribution is 2.35. The molecule has 1 heterocycles. The number of carbonyl (C=O) groups is 2. The topological polar surface area (TPSA) is 52.7 Å². The minimum atomic E-state index is -0.288. The maximum atomic E-state index is 12.3. The molecule has 2 saturated carbocycles. The van der Waals surface area contributed by atoms with E-state index in [0.29, 0.717) is 25.0 Å². The third-order valence-electron chi connectivity index (χ3n) is 3.99. The van der Waals surface area contributed by atoms with Gasteiger partial charge in [0.1, 0.15) is 0 Å². The van der Waals surface area contributed by atoms with Crippen LogP contribution in [0.2, 0.25) is 0 Å². The lowest BCUT2D eigenvalue weighted by atomic mass is 10.3. The summed E-state index contributed by atoms with van der Waals surface area (Å²) in [6.07, 6.45) is 4.59. The SMILES string of the molecule is O=C(C(=O)N(CC1CC1)C1CC1)N1CCNCC1. The predicted octanol–water partition coefficient (Wildman–Crippen LogP) is -0.181. The van der Waals surface area contributed by atoms with Crippen molar-refractivity contribution >= 4 is 11.8 Å². The first-order valence-electron chi connectivity index (χ1n) is 7.06. The Hall–Kier alpha value is -1.10. The van der Waals surface area contributed by atoms with Crippen LogP contribution in [0.4, 0.5) is 0 Å². The quantitative estimate of drug-likeness (QED) is 0.708. The summed E-state index contributed by atoms with van der Waals surface area (Å²) >= 11 is 0. The lowest BCUT2D eigenvalue weighted by Gasteiger charge is -2.30. The van der Waals surface area contributed by atoms with E-state index in [1.807, 2.05) is 4.90 Å². The van der Waals surface area contributed by atoms with E-state index >= 15 is 0 Å². The molecule has 0 spiro atoms. The monoisotopic (exact) mass is 251 g/mol. The van der Waals surface area contributed by atoms with Crippen molar-refractivity contribution in [3.8, 4) is 0 Å². The molecule has 0 radical (unpaired) electrons. The van der Waals surface area contributed by atoms with Crippen LogP contribution in [0.15, 0.2) is 0 Å². The van der Waals surface area contributed by atoms with Crippen LogP contribution in [-0.4, -0.2) is 60.4 Å². The van der Waals surface area contributed by atoms with E-state index in [4.69, 9.17) is 0 Å². The average Bonchev–Trinajstić information content (AvgIpc) is 3.28. The standard InChI is InChI=1S/C13H21N3O2/c17-12(15-7-5-14-6-8-15)13(18)16(11-3-4-11)9-10-1-2-10/h10-11,14H,1-9H2. The summed E-state index contributed by atoms with van der Waals surface area (Å²) in [6.45, 7) is 3.72. The molecule has 0 bridgehead atoms. The number of carbonyl (C=O) groups excluding carboxylic acids is 2. The molecule has 3 fully saturated rings. The molecule has 100 valence electrons. The van der Waals surface area contributed by atoms with Gasteiger partial charge in [-0.3, -0.25) is 9.59 Å². The van der Waals surface area contributed by atoms with E-state index in [2.05, 4.69) is 5.32 Å². The fourth-order valence-electron chi connectivity index (χ4n) is 2.49. The van der Waals surface area contributed by atoms with Crippen LogP contribution in [0.5, 0.6) is 0 Å². The molecule has 1 aliphatic heterocycles. The van der Waals surface area contributed by atoms with Crippen LogP contribution < -0.4 is 5.32 Å². The highest BCUT2D eigenvalue weighted by molar-refractivity contribution is 6.35. The van der Waals surface area contributed by atoms with Crippen molar-refractivity contribution in [3.63, 3.8) is 0 Å². The summed E-state index contributed by atoms with van der Waals surface area (Å²) < 4.78 is 0. The van der Waals surface area contributed by atoms with Crippen molar-refractivity contribution in [1.82, 2.24) is 15.1 Å². The van der Waals surface area contributed by atoms with E-state index in [-0.39, 0.29) is 11.8 Å². The molecule has 2 amide bonds. The summed E-state index contributed by atoms with van der Waals surface area (Å²) in [6, 6.07) is 0.352. The molecule has 0 aromatic rings. The van der Waals surface area contributed by atoms with E-state index in [1.54, 1.807) is 4.90 Å². The van der Waals surface area contributed by atoms with Crippen molar-refractivity contribution in [2.45, 2.75) is 31.7 Å². The van der Waals surface area contributed by atoms with Crippen LogP contribution in [0.3, 0.4) is 0 Å². The van der Waals surface area contributed by atoms with Gasteiger partial charge in [-0.2, -0.15) is 0 Å². The molecule has 2 aliphatic carbocycles. The first kappa shape index (κ1) is 12.0. The number of amides is 2. The van der Waals surface area contributed by atoms with Gasteiger partial charge in [-0.25, -0.2) is 0 Å². The number of rotatable bonds is 3. The fourth-order valence-corrected chi connectivity index (χ4v) is 2.49. The normalized spacial score (nSPS) is 23.9. The van der Waals surface area contributed by atoms with Gasteiger partial charge in [0.25, 0.3) is 0 Å². The first-order chi connectivity index (χ1) is 8.75. The Labute approximate surface area is 107 Å². The zero-order valence-electron chi connectivity index (χ0n) is 10.7. The lowest BCUT2D eigenvalue weighted by Crippen LogP contribution is -2.52. The Morgan fingerprint density at radius 3 is 2.33 bits per heavy atom. The zero-order valence-corrected chi connectivity index (χ0v) is 10.7. The second-order valence-electron chi connectivity index (χ2n) is 5.67. The minimum absolute atomic E-state index is 0.258. The zero-order chi connectivity index (χ0) is 12.5. The third-order valence-corrected chi connectivity index (χ3v) is 3.99. The van der Waals surface area contributed by atoms with Gasteiger partial charge in [0, 0.05) is 38.8 Å². The predicted molar refractivity (Wildman–Crippen MR) is 66.9 cm³/mol. The Morgan fingerprint density at radius 2 is 1.78 bits per heavy atom. The number of nitrogens with one attached hydrogen (secondary N) is 1. The molecule has 18 heavy (non-hydrogen) atoms. The molecule has 1 saturated heterocycles. The van der Waals surface area contributed by atoms with Crippen LogP contribution in [-0.2, 0) is 9.59 Å². The summed E-state index contributed by atoms with van der Waals surface area (Å²) in [7, 11) is 0. The molecular weight excluding hydrogens is 230 g/mol. The van der Waals surface area contributed by atoms with Crippen LogP contribution in [0.1, 0.15) is 25.7 Å². The number of piperazine rings is 1. The summed E-state index contributed by atoms with van der Waals surface area (Å²) in [5, 5.41) is 3.20. The molecule has 0 atom stereocenters. The number of hydrogen-bond donors (Lipinski definition) is 1. The summed E-state index contributed by atoms with van der Waals surface area (Å²) in [4.78, 5) is 28.0. The minimum Gasteiger partial charge on any atom is -0.332 e. The number of nitrogens with zero attached hydrogens (tertiary/aromatic N) is 2. The largest absolute Gasteiger partial charge is 0.332 e. The van der Waals surface area contributed by atoms with Gasteiger partial charge in [0.2, 0.25) is 0 Å². The van der Waals surface area contributed by atoms with Crippen molar-refractivity contribution < 1.29 is 9.59 Å². The van der Waals surface area contributed by atoms with E-state index in [0.717, 1.165) is 32.5 Å². The molecule has 0 unspecified atom stereocenters. The van der Waals surface area contributed by atoms with Crippen molar-refractivity contribution in [3.05, 3.63) is 0 Å². The summed E-state index contributed by atoms with van der Waals surface area (Å²) in [5.74, 6) is 0.112. The van der Waals surface area contributed by atoms with Crippen molar-refractivity contribution in [2.24, 2.45) is 5.92 Å². The lowest BCUT2D eigenvalue weighted by molar-refractivity contribution is -0.152. The fraction of sp³-hybridized carbons (Fsp3) is 0.846. The molecular formula is C13H21N3O2. The number of hydrogen-bond acceptors (Lipinski definition) is 3. The van der Waals surface area contributed by atoms with Gasteiger partial charge in [0.15, 0.2) is 0 Å². The van der Waals surface area contributed by atoms with Crippen LogP contribution >= 0.6 is 0 Å². The van der Waals surface area contributed by atoms with Gasteiger partial charge in [0.05, 0.1) is 0 Å². The third kappa shape index (κ3) is 2.66. The first-order valence-corrected chi connectivity index (χ1v) is 7.06. The van der Waals surface area contributed by atoms with Crippen molar-refractivity contribution in [1.29, 1.82) is 0 Å². The second-order valence-corrected chi connectivity index (χ2v) is 5.67. The van der Waals surface area contributed by atoms with Gasteiger partial charge >= 0.3 is 11.8 Å². The van der Waals surface area contributed by atoms with Gasteiger partial charge in [-0.05, 0) is 31.6 Å². The molecule has 3 rings (SSSR count). The molecule has 0 aromatic heterocycles. The molecule has 5 nitrogen and oxygen atoms in total. The maximum Gasteiger partial charge on any atom is 0.312 e. The Kier molecular flexibility index (Phi) is 3.24. The molecule has 5 heteroatoms. The van der Waals surface area contributed by atoms with Crippen molar-refractivity contribution in [2.75, 3.05) is 32.7 Å². The maximum absolute atomic E-state index is 12.3.